The van der Waals surface area contributed by atoms with E-state index in [-0.39, 0.29) is 0 Å². The lowest BCUT2D eigenvalue weighted by atomic mass is 9.97. The zero-order chi connectivity index (χ0) is 19.1. The number of hydrogen-bond donors (Lipinski definition) is 0. The lowest BCUT2D eigenvalue weighted by molar-refractivity contribution is 0.511. The molecule has 0 fully saturated rings. The SMILES string of the molecule is Cc1ccc(-c2ccc(-c3ccc4cc(F)c(F)cc4c3)c(F)c2)c(F)c1. The van der Waals surface area contributed by atoms with Crippen molar-refractivity contribution in [2.24, 2.45) is 0 Å². The Labute approximate surface area is 153 Å². The molecule has 0 heterocycles. The predicted octanol–water partition coefficient (Wildman–Crippen LogP) is 7.04. The van der Waals surface area contributed by atoms with Crippen molar-refractivity contribution in [1.29, 1.82) is 0 Å². The smallest absolute Gasteiger partial charge is 0.159 e. The zero-order valence-electron chi connectivity index (χ0n) is 14.4. The van der Waals surface area contributed by atoms with Crippen molar-refractivity contribution < 1.29 is 17.6 Å². The van der Waals surface area contributed by atoms with Crippen LogP contribution in [-0.2, 0) is 0 Å². The normalized spacial score (nSPS) is 11.1. The molecule has 0 unspecified atom stereocenters. The number of hydrogen-bond acceptors (Lipinski definition) is 0. The fourth-order valence-electron chi connectivity index (χ4n) is 3.18. The molecular weight excluding hydrogens is 352 g/mol. The summed E-state index contributed by atoms with van der Waals surface area (Å²) in [5.74, 6) is -2.81. The fraction of sp³-hybridized carbons (Fsp3) is 0.0435. The number of rotatable bonds is 2. The molecule has 0 amide bonds. The van der Waals surface area contributed by atoms with Gasteiger partial charge in [-0.2, -0.15) is 0 Å². The van der Waals surface area contributed by atoms with Gasteiger partial charge in [0.25, 0.3) is 0 Å². The summed E-state index contributed by atoms with van der Waals surface area (Å²) in [6, 6.07) is 16.3. The minimum absolute atomic E-state index is 0.304. The Bertz CT molecular complexity index is 1180. The average molecular weight is 366 g/mol. The van der Waals surface area contributed by atoms with E-state index in [1.165, 1.54) is 12.1 Å². The van der Waals surface area contributed by atoms with E-state index < -0.39 is 23.3 Å². The van der Waals surface area contributed by atoms with Crippen LogP contribution < -0.4 is 0 Å². The van der Waals surface area contributed by atoms with Crippen LogP contribution >= 0.6 is 0 Å². The third kappa shape index (κ3) is 3.19. The summed E-state index contributed by atoms with van der Waals surface area (Å²) >= 11 is 0. The maximum Gasteiger partial charge on any atom is 0.159 e. The van der Waals surface area contributed by atoms with Crippen LogP contribution in [-0.4, -0.2) is 0 Å². The number of fused-ring (bicyclic) bond motifs is 1. The van der Waals surface area contributed by atoms with E-state index in [0.29, 0.717) is 33.0 Å². The van der Waals surface area contributed by atoms with Crippen LogP contribution in [0.25, 0.3) is 33.0 Å². The topological polar surface area (TPSA) is 0 Å². The summed E-state index contributed by atoms with van der Waals surface area (Å²) in [4.78, 5) is 0. The first-order valence-corrected chi connectivity index (χ1v) is 8.37. The van der Waals surface area contributed by atoms with Gasteiger partial charge in [-0.15, -0.1) is 0 Å². The molecule has 0 aromatic heterocycles. The molecule has 0 aliphatic carbocycles. The summed E-state index contributed by atoms with van der Waals surface area (Å²) < 4.78 is 55.7. The second-order valence-electron chi connectivity index (χ2n) is 6.51. The van der Waals surface area contributed by atoms with Gasteiger partial charge in [-0.25, -0.2) is 17.6 Å². The van der Waals surface area contributed by atoms with E-state index in [2.05, 4.69) is 0 Å². The van der Waals surface area contributed by atoms with Crippen LogP contribution in [0.15, 0.2) is 66.7 Å². The second kappa shape index (κ2) is 6.54. The minimum atomic E-state index is -0.953. The molecule has 4 rings (SSSR count). The molecule has 0 nitrogen and oxygen atoms in total. The van der Waals surface area contributed by atoms with E-state index in [4.69, 9.17) is 0 Å². The average Bonchev–Trinajstić information content (AvgIpc) is 2.62. The van der Waals surface area contributed by atoms with E-state index in [1.54, 1.807) is 49.4 Å². The highest BCUT2D eigenvalue weighted by Gasteiger charge is 2.12. The van der Waals surface area contributed by atoms with Gasteiger partial charge in [0, 0.05) is 11.1 Å². The molecule has 0 spiro atoms. The van der Waals surface area contributed by atoms with Crippen molar-refractivity contribution >= 4 is 10.8 Å². The maximum atomic E-state index is 14.7. The van der Waals surface area contributed by atoms with Crippen molar-refractivity contribution in [3.05, 3.63) is 95.6 Å². The first-order valence-electron chi connectivity index (χ1n) is 8.37. The molecule has 0 radical (unpaired) electrons. The van der Waals surface area contributed by atoms with E-state index in [1.807, 2.05) is 0 Å². The number of aryl methyl sites for hydroxylation is 1. The van der Waals surface area contributed by atoms with Crippen molar-refractivity contribution in [1.82, 2.24) is 0 Å². The molecule has 4 aromatic carbocycles. The van der Waals surface area contributed by atoms with Gasteiger partial charge >= 0.3 is 0 Å². The van der Waals surface area contributed by atoms with E-state index >= 15 is 0 Å². The van der Waals surface area contributed by atoms with Crippen LogP contribution in [0.4, 0.5) is 17.6 Å². The Balaban J connectivity index is 1.78. The third-order valence-electron chi connectivity index (χ3n) is 4.60. The summed E-state index contributed by atoms with van der Waals surface area (Å²) in [5.41, 5.74) is 2.37. The van der Waals surface area contributed by atoms with Crippen molar-refractivity contribution in [2.75, 3.05) is 0 Å². The van der Waals surface area contributed by atoms with Crippen LogP contribution in [0.5, 0.6) is 0 Å². The molecule has 0 bridgehead atoms. The molecule has 0 N–H and O–H groups in total. The molecule has 4 aromatic rings. The van der Waals surface area contributed by atoms with Crippen LogP contribution in [0, 0.1) is 30.2 Å². The van der Waals surface area contributed by atoms with Gasteiger partial charge in [0.2, 0.25) is 0 Å². The Kier molecular flexibility index (Phi) is 4.19. The van der Waals surface area contributed by atoms with E-state index in [9.17, 15) is 17.6 Å². The number of benzene rings is 4. The lowest BCUT2D eigenvalue weighted by Gasteiger charge is -2.09. The Morgan fingerprint density at radius 3 is 1.70 bits per heavy atom. The van der Waals surface area contributed by atoms with Gasteiger partial charge in [0.15, 0.2) is 11.6 Å². The van der Waals surface area contributed by atoms with Crippen LogP contribution in [0.3, 0.4) is 0 Å². The van der Waals surface area contributed by atoms with Gasteiger partial charge in [0.05, 0.1) is 0 Å². The Hall–Kier alpha value is -3.14. The molecule has 4 heteroatoms. The summed E-state index contributed by atoms with van der Waals surface area (Å²) in [6.45, 7) is 1.78. The first kappa shape index (κ1) is 17.3. The van der Waals surface area contributed by atoms with Crippen molar-refractivity contribution in [3.8, 4) is 22.3 Å². The molecular formula is C23H14F4. The fourth-order valence-corrected chi connectivity index (χ4v) is 3.18. The highest BCUT2D eigenvalue weighted by Crippen LogP contribution is 2.31. The second-order valence-corrected chi connectivity index (χ2v) is 6.51. The maximum absolute atomic E-state index is 14.7. The van der Waals surface area contributed by atoms with Gasteiger partial charge < -0.3 is 0 Å². The molecule has 134 valence electrons. The molecule has 27 heavy (non-hydrogen) atoms. The summed E-state index contributed by atoms with van der Waals surface area (Å²) in [7, 11) is 0. The monoisotopic (exact) mass is 366 g/mol. The molecule has 0 saturated heterocycles. The predicted molar refractivity (Wildman–Crippen MR) is 99.4 cm³/mol. The highest BCUT2D eigenvalue weighted by atomic mass is 19.2. The van der Waals surface area contributed by atoms with Gasteiger partial charge in [-0.1, -0.05) is 36.4 Å². The highest BCUT2D eigenvalue weighted by molar-refractivity contribution is 5.88. The van der Waals surface area contributed by atoms with Crippen LogP contribution in [0.2, 0.25) is 0 Å². The summed E-state index contributed by atoms with van der Waals surface area (Å²) in [6.07, 6.45) is 0. The van der Waals surface area contributed by atoms with Crippen LogP contribution in [0.1, 0.15) is 5.56 Å². The summed E-state index contributed by atoms with van der Waals surface area (Å²) in [5, 5.41) is 0.996. The quantitative estimate of drug-likeness (QED) is 0.334. The third-order valence-corrected chi connectivity index (χ3v) is 4.60. The molecule has 0 saturated carbocycles. The standard InChI is InChI=1S/C23H14F4/c1-13-2-6-18(20(24)8-13)16-5-7-19(21(25)11-16)15-4-3-14-10-22(26)23(27)12-17(14)9-15/h2-12H,1H3. The zero-order valence-corrected chi connectivity index (χ0v) is 14.4. The molecule has 0 atom stereocenters. The largest absolute Gasteiger partial charge is 0.206 e. The van der Waals surface area contributed by atoms with E-state index in [0.717, 1.165) is 17.7 Å². The Morgan fingerprint density at radius 2 is 1.04 bits per heavy atom. The van der Waals surface area contributed by atoms with Gasteiger partial charge in [-0.3, -0.25) is 0 Å². The van der Waals surface area contributed by atoms with Gasteiger partial charge in [0.1, 0.15) is 11.6 Å². The molecule has 0 aliphatic heterocycles. The Morgan fingerprint density at radius 1 is 0.481 bits per heavy atom. The number of halogens is 4. The van der Waals surface area contributed by atoms with Crippen molar-refractivity contribution in [3.63, 3.8) is 0 Å². The molecule has 0 aliphatic rings. The van der Waals surface area contributed by atoms with Crippen molar-refractivity contribution in [2.45, 2.75) is 6.92 Å². The first-order chi connectivity index (χ1) is 12.9. The lowest BCUT2D eigenvalue weighted by Crippen LogP contribution is -1.90. The van der Waals surface area contributed by atoms with Gasteiger partial charge in [-0.05, 0) is 64.7 Å². The minimum Gasteiger partial charge on any atom is -0.206 e.